The number of rotatable bonds is 5. The fourth-order valence-electron chi connectivity index (χ4n) is 3.32. The van der Waals surface area contributed by atoms with E-state index in [1.54, 1.807) is 24.2 Å². The van der Waals surface area contributed by atoms with Gasteiger partial charge in [-0.15, -0.1) is 0 Å². The quantitative estimate of drug-likeness (QED) is 0.718. The average Bonchev–Trinajstić information content (AvgIpc) is 2.65. The third-order valence-electron chi connectivity index (χ3n) is 4.90. The van der Waals surface area contributed by atoms with Crippen LogP contribution in [0, 0.1) is 6.92 Å². The van der Waals surface area contributed by atoms with Gasteiger partial charge in [0.2, 0.25) is 0 Å². The Hall–Kier alpha value is -2.24. The number of aliphatic imine (C=N–C) groups is 1. The number of hydrogen-bond acceptors (Lipinski definition) is 4. The first kappa shape index (κ1) is 17.6. The topological polar surface area (TPSA) is 70.2 Å². The van der Waals surface area contributed by atoms with Crippen molar-refractivity contribution >= 4 is 6.21 Å². The molecular weight excluding hydrogens is 314 g/mol. The number of nitrogens with zero attached hydrogens (tertiary/aromatic N) is 2. The zero-order valence-electron chi connectivity index (χ0n) is 14.7. The third kappa shape index (κ3) is 4.44. The molecule has 0 spiro atoms. The molecule has 0 unspecified atom stereocenters. The minimum absolute atomic E-state index is 0.113. The van der Waals surface area contributed by atoms with Gasteiger partial charge in [-0.3, -0.25) is 9.98 Å². The van der Waals surface area contributed by atoms with E-state index < -0.39 is 0 Å². The summed E-state index contributed by atoms with van der Waals surface area (Å²) in [5.41, 5.74) is 3.14. The highest BCUT2D eigenvalue weighted by atomic mass is 16.3. The number of aromatic hydroxyl groups is 1. The largest absolute Gasteiger partial charge is 0.505 e. The fourth-order valence-corrected chi connectivity index (χ4v) is 3.32. The van der Waals surface area contributed by atoms with Crippen molar-refractivity contribution in [3.05, 3.63) is 58.9 Å². The van der Waals surface area contributed by atoms with Crippen LogP contribution in [-0.2, 0) is 13.2 Å². The molecule has 1 aromatic carbocycles. The SMILES string of the molecule is Cc1ncc(CO)c(C=NC2CC[NH+](Cc3ccccc3)CC2)c1O. The van der Waals surface area contributed by atoms with Crippen molar-refractivity contribution in [2.24, 2.45) is 4.99 Å². The fraction of sp³-hybridized carbons (Fsp3) is 0.400. The summed E-state index contributed by atoms with van der Waals surface area (Å²) in [5, 5.41) is 19.6. The van der Waals surface area contributed by atoms with E-state index in [2.05, 4.69) is 40.3 Å². The predicted molar refractivity (Wildman–Crippen MR) is 98.0 cm³/mol. The van der Waals surface area contributed by atoms with Gasteiger partial charge in [0.05, 0.1) is 31.4 Å². The monoisotopic (exact) mass is 340 g/mol. The van der Waals surface area contributed by atoms with E-state index in [9.17, 15) is 10.2 Å². The molecule has 1 aliphatic heterocycles. The second kappa shape index (κ2) is 8.23. The molecule has 0 atom stereocenters. The number of quaternary nitrogens is 1. The van der Waals surface area contributed by atoms with E-state index in [0.717, 1.165) is 32.5 Å². The minimum atomic E-state index is -0.151. The normalized spacial score (nSPS) is 20.9. The van der Waals surface area contributed by atoms with Gasteiger partial charge in [0.25, 0.3) is 0 Å². The van der Waals surface area contributed by atoms with Crippen LogP contribution in [-0.4, -0.2) is 40.5 Å². The standard InChI is InChI=1S/C20H25N3O2/c1-15-20(25)19(17(14-24)11-21-15)12-22-18-7-9-23(10-8-18)13-16-5-3-2-4-6-16/h2-6,11-12,18,24-25H,7-10,13-14H2,1H3/p+1. The summed E-state index contributed by atoms with van der Waals surface area (Å²) in [6.07, 6.45) is 5.39. The van der Waals surface area contributed by atoms with Crippen molar-refractivity contribution in [1.29, 1.82) is 0 Å². The van der Waals surface area contributed by atoms with Crippen LogP contribution in [0.25, 0.3) is 0 Å². The maximum atomic E-state index is 10.2. The van der Waals surface area contributed by atoms with Crippen molar-refractivity contribution in [1.82, 2.24) is 4.98 Å². The number of aliphatic hydroxyl groups excluding tert-OH is 1. The molecule has 0 radical (unpaired) electrons. The van der Waals surface area contributed by atoms with Gasteiger partial charge < -0.3 is 15.1 Å². The zero-order chi connectivity index (χ0) is 17.6. The number of aromatic nitrogens is 1. The van der Waals surface area contributed by atoms with Gasteiger partial charge in [0, 0.05) is 41.9 Å². The van der Waals surface area contributed by atoms with Gasteiger partial charge in [-0.05, 0) is 6.92 Å². The van der Waals surface area contributed by atoms with Crippen LogP contribution in [0.4, 0.5) is 0 Å². The van der Waals surface area contributed by atoms with E-state index in [4.69, 9.17) is 0 Å². The molecule has 5 nitrogen and oxygen atoms in total. The smallest absolute Gasteiger partial charge is 0.145 e. The van der Waals surface area contributed by atoms with Crippen LogP contribution in [0.3, 0.4) is 0 Å². The van der Waals surface area contributed by atoms with Gasteiger partial charge in [-0.25, -0.2) is 0 Å². The predicted octanol–water partition coefficient (Wildman–Crippen LogP) is 1.25. The second-order valence-electron chi connectivity index (χ2n) is 6.71. The second-order valence-corrected chi connectivity index (χ2v) is 6.71. The Morgan fingerprint density at radius 1 is 1.24 bits per heavy atom. The first-order valence-electron chi connectivity index (χ1n) is 8.86. The molecule has 1 aromatic heterocycles. The number of aliphatic hydroxyl groups is 1. The number of benzene rings is 1. The van der Waals surface area contributed by atoms with Crippen LogP contribution in [0.15, 0.2) is 41.5 Å². The average molecular weight is 340 g/mol. The van der Waals surface area contributed by atoms with Gasteiger partial charge in [-0.1, -0.05) is 30.3 Å². The number of pyridine rings is 1. The van der Waals surface area contributed by atoms with Gasteiger partial charge >= 0.3 is 0 Å². The summed E-state index contributed by atoms with van der Waals surface area (Å²) in [6.45, 7) is 4.87. The van der Waals surface area contributed by atoms with E-state index in [-0.39, 0.29) is 18.4 Å². The molecule has 1 saturated heterocycles. The molecule has 25 heavy (non-hydrogen) atoms. The van der Waals surface area contributed by atoms with Crippen LogP contribution in [0.5, 0.6) is 5.75 Å². The molecule has 0 saturated carbocycles. The molecule has 0 bridgehead atoms. The van der Waals surface area contributed by atoms with Gasteiger partial charge in [0.15, 0.2) is 0 Å². The van der Waals surface area contributed by atoms with E-state index in [1.165, 1.54) is 5.56 Å². The Balaban J connectivity index is 1.59. The minimum Gasteiger partial charge on any atom is -0.505 e. The highest BCUT2D eigenvalue weighted by Gasteiger charge is 2.21. The summed E-state index contributed by atoms with van der Waals surface area (Å²) >= 11 is 0. The maximum Gasteiger partial charge on any atom is 0.145 e. The summed E-state index contributed by atoms with van der Waals surface area (Å²) in [7, 11) is 0. The Morgan fingerprint density at radius 3 is 2.64 bits per heavy atom. The summed E-state index contributed by atoms with van der Waals surface area (Å²) in [6, 6.07) is 10.9. The summed E-state index contributed by atoms with van der Waals surface area (Å²) in [4.78, 5) is 10.3. The van der Waals surface area contributed by atoms with Crippen LogP contribution >= 0.6 is 0 Å². The van der Waals surface area contributed by atoms with Crippen LogP contribution < -0.4 is 4.90 Å². The summed E-state index contributed by atoms with van der Waals surface area (Å²) < 4.78 is 0. The Kier molecular flexibility index (Phi) is 5.79. The molecule has 1 fully saturated rings. The van der Waals surface area contributed by atoms with Crippen molar-refractivity contribution in [3.8, 4) is 5.75 Å². The zero-order valence-corrected chi connectivity index (χ0v) is 14.7. The molecule has 3 rings (SSSR count). The molecule has 0 amide bonds. The van der Waals surface area contributed by atoms with Crippen molar-refractivity contribution in [3.63, 3.8) is 0 Å². The van der Waals surface area contributed by atoms with Crippen molar-refractivity contribution < 1.29 is 15.1 Å². The highest BCUT2D eigenvalue weighted by Crippen LogP contribution is 2.22. The lowest BCUT2D eigenvalue weighted by Crippen LogP contribution is -3.12. The Morgan fingerprint density at radius 2 is 1.96 bits per heavy atom. The lowest BCUT2D eigenvalue weighted by molar-refractivity contribution is -0.918. The first-order valence-corrected chi connectivity index (χ1v) is 8.86. The van der Waals surface area contributed by atoms with Crippen LogP contribution in [0.2, 0.25) is 0 Å². The number of likely N-dealkylation sites (tertiary alicyclic amines) is 1. The number of aryl methyl sites for hydroxylation is 1. The molecule has 132 valence electrons. The molecule has 1 aliphatic rings. The Bertz CT molecular complexity index is 723. The Labute approximate surface area is 148 Å². The van der Waals surface area contributed by atoms with Crippen molar-refractivity contribution in [2.75, 3.05) is 13.1 Å². The molecule has 2 aromatic rings. The van der Waals surface area contributed by atoms with E-state index in [0.29, 0.717) is 16.8 Å². The van der Waals surface area contributed by atoms with E-state index in [1.807, 2.05) is 0 Å². The molecule has 0 aliphatic carbocycles. The lowest BCUT2D eigenvalue weighted by atomic mass is 10.0. The maximum absolute atomic E-state index is 10.2. The molecular formula is C20H26N3O2+. The number of nitrogens with one attached hydrogen (secondary N) is 1. The highest BCUT2D eigenvalue weighted by molar-refractivity contribution is 5.85. The molecule has 3 N–H and O–H groups in total. The van der Waals surface area contributed by atoms with Gasteiger partial charge in [-0.2, -0.15) is 0 Å². The number of piperidine rings is 1. The van der Waals surface area contributed by atoms with E-state index >= 15 is 0 Å². The molecule has 2 heterocycles. The third-order valence-corrected chi connectivity index (χ3v) is 4.90. The first-order chi connectivity index (χ1) is 12.2. The molecule has 5 heteroatoms. The van der Waals surface area contributed by atoms with Crippen LogP contribution in [0.1, 0.15) is 35.2 Å². The number of hydrogen-bond donors (Lipinski definition) is 3. The van der Waals surface area contributed by atoms with Crippen molar-refractivity contribution in [2.45, 2.75) is 39.0 Å². The van der Waals surface area contributed by atoms with Gasteiger partial charge in [0.1, 0.15) is 12.3 Å². The summed E-state index contributed by atoms with van der Waals surface area (Å²) in [5.74, 6) is 0.113. The lowest BCUT2D eigenvalue weighted by Gasteiger charge is -2.27.